The van der Waals surface area contributed by atoms with Crippen molar-refractivity contribution in [3.63, 3.8) is 0 Å². The Morgan fingerprint density at radius 2 is 1.64 bits per heavy atom. The third-order valence-corrected chi connectivity index (χ3v) is 1.36. The molecule has 0 saturated heterocycles. The zero-order chi connectivity index (χ0) is 8.20. The van der Waals surface area contributed by atoms with Crippen LogP contribution in [0, 0.1) is 5.41 Å². The van der Waals surface area contributed by atoms with Crippen molar-refractivity contribution >= 4 is 0 Å². The molecule has 0 bridgehead atoms. The van der Waals surface area contributed by atoms with Gasteiger partial charge in [-0.05, 0) is 5.41 Å². The molecule has 1 radical (unpaired) electrons. The molecule has 1 nitrogen and oxygen atoms in total. The molecule has 0 aliphatic heterocycles. The van der Waals surface area contributed by atoms with E-state index >= 15 is 0 Å². The second-order valence-corrected chi connectivity index (χ2v) is 4.31. The van der Waals surface area contributed by atoms with Crippen LogP contribution in [0.25, 0.3) is 5.32 Å². The molecular formula is C9H20NV-. The Balaban J connectivity index is 0. The van der Waals surface area contributed by atoms with Gasteiger partial charge in [-0.15, -0.1) is 12.6 Å². The minimum Gasteiger partial charge on any atom is -0.660 e. The Hall–Kier alpha value is 0.544. The molecule has 0 aromatic rings. The first kappa shape index (κ1) is 14.1. The van der Waals surface area contributed by atoms with Crippen molar-refractivity contribution in [2.75, 3.05) is 6.54 Å². The van der Waals surface area contributed by atoms with Crippen molar-refractivity contribution in [3.05, 3.63) is 5.32 Å². The molecule has 67 valence electrons. The Bertz CT molecular complexity index is 84.1. The first-order valence-corrected chi connectivity index (χ1v) is 4.08. The summed E-state index contributed by atoms with van der Waals surface area (Å²) in [7, 11) is 0. The van der Waals surface area contributed by atoms with E-state index in [0.717, 1.165) is 6.54 Å². The fourth-order valence-electron chi connectivity index (χ4n) is 0.658. The molecule has 0 aromatic heterocycles. The normalized spacial score (nSPS) is 11.5. The smallest absolute Gasteiger partial charge is 0 e. The zero-order valence-electron chi connectivity index (χ0n) is 8.39. The second kappa shape index (κ2) is 6.10. The van der Waals surface area contributed by atoms with Crippen molar-refractivity contribution in [2.45, 2.75) is 47.1 Å². The number of nitrogens with zero attached hydrogens (tertiary/aromatic N) is 1. The van der Waals surface area contributed by atoms with Crippen LogP contribution in [-0.4, -0.2) is 12.6 Å². The number of hydrogen-bond acceptors (Lipinski definition) is 0. The summed E-state index contributed by atoms with van der Waals surface area (Å²) in [5, 5.41) is 4.41. The average molecular weight is 193 g/mol. The molecule has 0 spiro atoms. The molecular weight excluding hydrogens is 173 g/mol. The maximum Gasteiger partial charge on any atom is 0 e. The van der Waals surface area contributed by atoms with E-state index in [4.69, 9.17) is 0 Å². The molecule has 0 aliphatic carbocycles. The monoisotopic (exact) mass is 193 g/mol. The van der Waals surface area contributed by atoms with Crippen LogP contribution in [0.3, 0.4) is 0 Å². The van der Waals surface area contributed by atoms with Gasteiger partial charge >= 0.3 is 0 Å². The third-order valence-electron chi connectivity index (χ3n) is 1.36. The quantitative estimate of drug-likeness (QED) is 0.653. The maximum atomic E-state index is 4.41. The van der Waals surface area contributed by atoms with Crippen LogP contribution in [0.5, 0.6) is 0 Å². The van der Waals surface area contributed by atoms with E-state index in [-0.39, 0.29) is 18.6 Å². The Morgan fingerprint density at radius 1 is 1.18 bits per heavy atom. The fourth-order valence-corrected chi connectivity index (χ4v) is 0.658. The van der Waals surface area contributed by atoms with Gasteiger partial charge in [-0.2, -0.15) is 0 Å². The summed E-state index contributed by atoms with van der Waals surface area (Å²) < 4.78 is 0. The van der Waals surface area contributed by atoms with Gasteiger partial charge in [-0.25, -0.2) is 0 Å². The first-order valence-electron chi connectivity index (χ1n) is 4.08. The van der Waals surface area contributed by atoms with Gasteiger partial charge in [0.05, 0.1) is 0 Å². The molecule has 0 aliphatic rings. The minimum atomic E-state index is 0. The van der Waals surface area contributed by atoms with Crippen molar-refractivity contribution in [1.82, 2.24) is 0 Å². The van der Waals surface area contributed by atoms with Crippen LogP contribution < -0.4 is 0 Å². The molecule has 2 heteroatoms. The van der Waals surface area contributed by atoms with Gasteiger partial charge in [0.1, 0.15) is 0 Å². The molecule has 0 fully saturated rings. The SMILES string of the molecule is CC(C)[N-]CCC(C)(C)C.[V]. The summed E-state index contributed by atoms with van der Waals surface area (Å²) in [6.07, 6.45) is 1.20. The summed E-state index contributed by atoms with van der Waals surface area (Å²) in [6, 6.07) is 0.502. The minimum absolute atomic E-state index is 0. The second-order valence-electron chi connectivity index (χ2n) is 4.31. The third kappa shape index (κ3) is 13.5. The Kier molecular flexibility index (Phi) is 7.82. The van der Waals surface area contributed by atoms with E-state index in [1.165, 1.54) is 6.42 Å². The van der Waals surface area contributed by atoms with E-state index in [1.54, 1.807) is 0 Å². The Labute approximate surface area is 83.2 Å². The van der Waals surface area contributed by atoms with E-state index < -0.39 is 0 Å². The van der Waals surface area contributed by atoms with Gasteiger partial charge in [0.2, 0.25) is 0 Å². The number of rotatable bonds is 3. The van der Waals surface area contributed by atoms with Crippen LogP contribution in [0.15, 0.2) is 0 Å². The summed E-state index contributed by atoms with van der Waals surface area (Å²) in [4.78, 5) is 0. The van der Waals surface area contributed by atoms with Crippen LogP contribution in [-0.2, 0) is 18.6 Å². The summed E-state index contributed by atoms with van der Waals surface area (Å²) >= 11 is 0. The maximum absolute atomic E-state index is 4.41. The predicted molar refractivity (Wildman–Crippen MR) is 47.4 cm³/mol. The average Bonchev–Trinajstić information content (AvgIpc) is 1.59. The standard InChI is InChI=1S/C9H20N.V/c1-8(2)10-7-6-9(3,4)5;/h8H,6-7H2,1-5H3;/q-1;. The molecule has 0 unspecified atom stereocenters. The summed E-state index contributed by atoms with van der Waals surface area (Å²) in [5.41, 5.74) is 0.443. The topological polar surface area (TPSA) is 14.1 Å². The van der Waals surface area contributed by atoms with E-state index in [9.17, 15) is 0 Å². The van der Waals surface area contributed by atoms with E-state index in [1.807, 2.05) is 0 Å². The summed E-state index contributed by atoms with van der Waals surface area (Å²) in [5.74, 6) is 0. The van der Waals surface area contributed by atoms with Gasteiger partial charge in [0.15, 0.2) is 0 Å². The van der Waals surface area contributed by atoms with Gasteiger partial charge in [0.25, 0.3) is 0 Å². The molecule has 0 N–H and O–H groups in total. The van der Waals surface area contributed by atoms with Crippen molar-refractivity contribution < 1.29 is 18.6 Å². The molecule has 0 atom stereocenters. The van der Waals surface area contributed by atoms with Crippen molar-refractivity contribution in [3.8, 4) is 0 Å². The van der Waals surface area contributed by atoms with Crippen LogP contribution in [0.2, 0.25) is 0 Å². The molecule has 0 rings (SSSR count). The van der Waals surface area contributed by atoms with Gasteiger partial charge < -0.3 is 5.32 Å². The Morgan fingerprint density at radius 3 is 1.91 bits per heavy atom. The van der Waals surface area contributed by atoms with Crippen LogP contribution in [0.4, 0.5) is 0 Å². The molecule has 0 saturated carbocycles. The molecule has 0 amide bonds. The predicted octanol–water partition coefficient (Wildman–Crippen LogP) is 3.20. The van der Waals surface area contributed by atoms with Crippen LogP contribution >= 0.6 is 0 Å². The van der Waals surface area contributed by atoms with Crippen molar-refractivity contribution in [1.29, 1.82) is 0 Å². The van der Waals surface area contributed by atoms with Gasteiger partial charge in [-0.1, -0.05) is 41.0 Å². The van der Waals surface area contributed by atoms with Crippen LogP contribution in [0.1, 0.15) is 41.0 Å². The van der Waals surface area contributed by atoms with Gasteiger partial charge in [-0.3, -0.25) is 0 Å². The van der Waals surface area contributed by atoms with E-state index in [2.05, 4.69) is 39.9 Å². The van der Waals surface area contributed by atoms with Gasteiger partial charge in [0, 0.05) is 18.6 Å². The first-order chi connectivity index (χ1) is 4.42. The molecule has 11 heavy (non-hydrogen) atoms. The summed E-state index contributed by atoms with van der Waals surface area (Å²) in [6.45, 7) is 12.0. The zero-order valence-corrected chi connectivity index (χ0v) is 9.78. The molecule has 0 aromatic carbocycles. The number of hydrogen-bond donors (Lipinski definition) is 0. The van der Waals surface area contributed by atoms with E-state index in [0.29, 0.717) is 11.5 Å². The largest absolute Gasteiger partial charge is 0.660 e. The fraction of sp³-hybridized carbons (Fsp3) is 1.00. The van der Waals surface area contributed by atoms with Crippen molar-refractivity contribution in [2.24, 2.45) is 5.41 Å². The molecule has 0 heterocycles.